The molecule has 0 aliphatic rings. The maximum atomic E-state index is 13.4. The van der Waals surface area contributed by atoms with Crippen molar-refractivity contribution in [3.63, 3.8) is 0 Å². The number of aliphatic hydroxyl groups is 1. The minimum absolute atomic E-state index is 0.231. The van der Waals surface area contributed by atoms with Crippen molar-refractivity contribution in [2.24, 2.45) is 0 Å². The van der Waals surface area contributed by atoms with E-state index < -0.39 is 5.82 Å². The molecule has 0 saturated heterocycles. The zero-order valence-electron chi connectivity index (χ0n) is 10.6. The largest absolute Gasteiger partial charge is 0.457 e. The van der Waals surface area contributed by atoms with Gasteiger partial charge in [-0.2, -0.15) is 0 Å². The molecule has 0 bridgehead atoms. The van der Waals surface area contributed by atoms with Gasteiger partial charge in [-0.3, -0.25) is 4.98 Å². The lowest BCUT2D eigenvalue weighted by Crippen LogP contribution is -1.91. The van der Waals surface area contributed by atoms with Crippen LogP contribution in [0.1, 0.15) is 5.56 Å². The first-order valence-corrected chi connectivity index (χ1v) is 6.18. The van der Waals surface area contributed by atoms with Gasteiger partial charge in [0.2, 0.25) is 0 Å². The predicted octanol–water partition coefficient (Wildman–Crippen LogP) is 3.66. The van der Waals surface area contributed by atoms with Gasteiger partial charge in [0.15, 0.2) is 0 Å². The van der Waals surface area contributed by atoms with Crippen LogP contribution in [0.25, 0.3) is 10.9 Å². The lowest BCUT2D eigenvalue weighted by Gasteiger charge is -2.09. The van der Waals surface area contributed by atoms with E-state index in [0.717, 1.165) is 10.9 Å². The number of pyridine rings is 1. The minimum Gasteiger partial charge on any atom is -0.457 e. The highest BCUT2D eigenvalue weighted by molar-refractivity contribution is 5.85. The monoisotopic (exact) mass is 269 g/mol. The molecule has 0 fully saturated rings. The van der Waals surface area contributed by atoms with Gasteiger partial charge >= 0.3 is 0 Å². The van der Waals surface area contributed by atoms with Crippen molar-refractivity contribution in [1.29, 1.82) is 0 Å². The zero-order chi connectivity index (χ0) is 13.9. The van der Waals surface area contributed by atoms with E-state index in [0.29, 0.717) is 17.1 Å². The Bertz CT molecular complexity index is 753. The van der Waals surface area contributed by atoms with E-state index in [1.54, 1.807) is 18.3 Å². The molecule has 0 unspecified atom stereocenters. The molecule has 3 aromatic rings. The molecule has 1 N–H and O–H groups in total. The number of aromatic nitrogens is 1. The topological polar surface area (TPSA) is 42.4 Å². The van der Waals surface area contributed by atoms with Crippen molar-refractivity contribution in [2.75, 3.05) is 0 Å². The smallest absolute Gasteiger partial charge is 0.136 e. The summed E-state index contributed by atoms with van der Waals surface area (Å²) in [5.41, 5.74) is 1.28. The van der Waals surface area contributed by atoms with Gasteiger partial charge in [0.25, 0.3) is 0 Å². The summed E-state index contributed by atoms with van der Waals surface area (Å²) in [4.78, 5) is 4.24. The highest BCUT2D eigenvalue weighted by Gasteiger charge is 2.06. The molecule has 4 heteroatoms. The summed E-state index contributed by atoms with van der Waals surface area (Å²) < 4.78 is 19.2. The third kappa shape index (κ3) is 2.46. The van der Waals surface area contributed by atoms with Crippen molar-refractivity contribution in [3.05, 3.63) is 66.1 Å². The first kappa shape index (κ1) is 12.6. The molecule has 0 amide bonds. The number of halogens is 1. The second kappa shape index (κ2) is 5.27. The van der Waals surface area contributed by atoms with Gasteiger partial charge in [-0.25, -0.2) is 4.39 Å². The molecule has 3 nitrogen and oxygen atoms in total. The summed E-state index contributed by atoms with van der Waals surface area (Å²) in [5, 5.41) is 9.94. The highest BCUT2D eigenvalue weighted by Crippen LogP contribution is 2.29. The number of rotatable bonds is 3. The van der Waals surface area contributed by atoms with E-state index in [2.05, 4.69) is 4.98 Å². The van der Waals surface area contributed by atoms with Gasteiger partial charge in [0.05, 0.1) is 12.1 Å². The Kier molecular flexibility index (Phi) is 3.31. The number of fused-ring (bicyclic) bond motifs is 1. The van der Waals surface area contributed by atoms with E-state index >= 15 is 0 Å². The van der Waals surface area contributed by atoms with Crippen molar-refractivity contribution < 1.29 is 14.2 Å². The fourth-order valence-corrected chi connectivity index (χ4v) is 2.06. The van der Waals surface area contributed by atoms with Crippen molar-refractivity contribution >= 4 is 10.9 Å². The molecule has 3 rings (SSSR count). The summed E-state index contributed by atoms with van der Waals surface area (Å²) in [5.74, 6) is 0.514. The maximum absolute atomic E-state index is 13.4. The Balaban J connectivity index is 2.03. The first-order chi connectivity index (χ1) is 9.76. The summed E-state index contributed by atoms with van der Waals surface area (Å²) >= 11 is 0. The Labute approximate surface area is 115 Å². The van der Waals surface area contributed by atoms with Gasteiger partial charge in [0, 0.05) is 17.6 Å². The van der Waals surface area contributed by atoms with Crippen molar-refractivity contribution in [3.8, 4) is 11.5 Å². The van der Waals surface area contributed by atoms with Crippen LogP contribution < -0.4 is 4.74 Å². The number of hydrogen-bond donors (Lipinski definition) is 1. The molecule has 0 spiro atoms. The van der Waals surface area contributed by atoms with Crippen LogP contribution in [0, 0.1) is 5.82 Å². The number of hydrogen-bond acceptors (Lipinski definition) is 3. The van der Waals surface area contributed by atoms with E-state index in [9.17, 15) is 4.39 Å². The number of benzene rings is 2. The van der Waals surface area contributed by atoms with Crippen LogP contribution in [-0.2, 0) is 6.61 Å². The predicted molar refractivity (Wildman–Crippen MR) is 74.1 cm³/mol. The number of aliphatic hydroxyl groups excluding tert-OH is 1. The zero-order valence-corrected chi connectivity index (χ0v) is 10.6. The molecule has 100 valence electrons. The van der Waals surface area contributed by atoms with Gasteiger partial charge < -0.3 is 9.84 Å². The molecule has 1 heterocycles. The average Bonchev–Trinajstić information content (AvgIpc) is 2.47. The summed E-state index contributed by atoms with van der Waals surface area (Å²) in [6.07, 6.45) is 1.71. The first-order valence-electron chi connectivity index (χ1n) is 6.18. The molecule has 0 atom stereocenters. The average molecular weight is 269 g/mol. The third-order valence-electron chi connectivity index (χ3n) is 2.95. The Morgan fingerprint density at radius 1 is 1.10 bits per heavy atom. The highest BCUT2D eigenvalue weighted by atomic mass is 19.1. The van der Waals surface area contributed by atoms with E-state index in [-0.39, 0.29) is 6.61 Å². The van der Waals surface area contributed by atoms with Gasteiger partial charge in [0.1, 0.15) is 17.3 Å². The van der Waals surface area contributed by atoms with E-state index in [4.69, 9.17) is 9.84 Å². The normalized spacial score (nSPS) is 10.7. The second-order valence-electron chi connectivity index (χ2n) is 4.38. The number of nitrogens with zero attached hydrogens (tertiary/aromatic N) is 1. The van der Waals surface area contributed by atoms with Crippen molar-refractivity contribution in [1.82, 2.24) is 4.98 Å². The summed E-state index contributed by atoms with van der Waals surface area (Å²) in [6, 6.07) is 13.4. The second-order valence-corrected chi connectivity index (χ2v) is 4.38. The van der Waals surface area contributed by atoms with Crippen LogP contribution in [0.5, 0.6) is 11.5 Å². The van der Waals surface area contributed by atoms with Gasteiger partial charge in [-0.1, -0.05) is 6.07 Å². The van der Waals surface area contributed by atoms with E-state index in [1.807, 2.05) is 24.3 Å². The minimum atomic E-state index is -0.440. The maximum Gasteiger partial charge on any atom is 0.136 e. The van der Waals surface area contributed by atoms with Gasteiger partial charge in [-0.05, 0) is 42.0 Å². The Hall–Kier alpha value is -2.46. The SMILES string of the molecule is OCc1cc(F)cc(Oc2cccc3ncccc23)c1. The van der Waals surface area contributed by atoms with Crippen LogP contribution in [0.15, 0.2) is 54.7 Å². The molecule has 0 aliphatic heterocycles. The number of ether oxygens (including phenoxy) is 1. The third-order valence-corrected chi connectivity index (χ3v) is 2.95. The molecule has 2 aromatic carbocycles. The van der Waals surface area contributed by atoms with Gasteiger partial charge in [-0.15, -0.1) is 0 Å². The lowest BCUT2D eigenvalue weighted by atomic mass is 10.2. The standard InChI is InChI=1S/C16H12FNO2/c17-12-7-11(10-19)8-13(9-12)20-16-5-1-4-15-14(16)3-2-6-18-15/h1-9,19H,10H2. The summed E-state index contributed by atoms with van der Waals surface area (Å²) in [7, 11) is 0. The van der Waals surface area contributed by atoms with Crippen LogP contribution >= 0.6 is 0 Å². The molecular formula is C16H12FNO2. The molecular weight excluding hydrogens is 257 g/mol. The van der Waals surface area contributed by atoms with Crippen LogP contribution in [0.4, 0.5) is 4.39 Å². The van der Waals surface area contributed by atoms with Crippen LogP contribution in [-0.4, -0.2) is 10.1 Å². The fraction of sp³-hybridized carbons (Fsp3) is 0.0625. The lowest BCUT2D eigenvalue weighted by molar-refractivity contribution is 0.280. The Morgan fingerprint density at radius 2 is 2.00 bits per heavy atom. The van der Waals surface area contributed by atoms with Crippen molar-refractivity contribution in [2.45, 2.75) is 6.61 Å². The van der Waals surface area contributed by atoms with Crippen LogP contribution in [0.2, 0.25) is 0 Å². The molecule has 20 heavy (non-hydrogen) atoms. The quantitative estimate of drug-likeness (QED) is 0.789. The van der Waals surface area contributed by atoms with E-state index in [1.165, 1.54) is 12.1 Å². The summed E-state index contributed by atoms with van der Waals surface area (Å²) in [6.45, 7) is -0.231. The molecule has 1 aromatic heterocycles. The molecule has 0 radical (unpaired) electrons. The fourth-order valence-electron chi connectivity index (χ4n) is 2.06. The Morgan fingerprint density at radius 3 is 2.85 bits per heavy atom. The molecule has 0 aliphatic carbocycles. The van der Waals surface area contributed by atoms with Crippen LogP contribution in [0.3, 0.4) is 0 Å². The molecule has 0 saturated carbocycles.